The third kappa shape index (κ3) is 3.91. The molecule has 0 aromatic carbocycles. The third-order valence-corrected chi connectivity index (χ3v) is 3.61. The van der Waals surface area contributed by atoms with Crippen LogP contribution in [0, 0.1) is 6.92 Å². The zero-order valence-corrected chi connectivity index (χ0v) is 12.3. The minimum atomic E-state index is 0.341. The molecule has 0 radical (unpaired) electrons. The van der Waals surface area contributed by atoms with E-state index in [0.29, 0.717) is 6.10 Å². The van der Waals surface area contributed by atoms with E-state index in [1.807, 2.05) is 0 Å². The summed E-state index contributed by atoms with van der Waals surface area (Å²) in [7, 11) is 1.80. The highest BCUT2D eigenvalue weighted by Gasteiger charge is 2.20. The summed E-state index contributed by atoms with van der Waals surface area (Å²) in [5.41, 5.74) is 2.40. The van der Waals surface area contributed by atoms with E-state index in [-0.39, 0.29) is 0 Å². The smallest absolute Gasteiger partial charge is 0.129 e. The molecule has 4 heteroatoms. The quantitative estimate of drug-likeness (QED) is 0.883. The van der Waals surface area contributed by atoms with Crippen LogP contribution in [0.15, 0.2) is 12.1 Å². The van der Waals surface area contributed by atoms with Gasteiger partial charge in [-0.05, 0) is 44.0 Å². The SMILES string of the molecule is CCNCc1cc(C)nc(N2CCCC(OC)C2)c1. The Bertz CT molecular complexity index is 408. The number of methoxy groups -OCH3 is 1. The van der Waals surface area contributed by atoms with E-state index in [1.165, 1.54) is 12.0 Å². The molecule has 2 rings (SSSR count). The topological polar surface area (TPSA) is 37.4 Å². The lowest BCUT2D eigenvalue weighted by Gasteiger charge is -2.33. The first-order valence-electron chi connectivity index (χ1n) is 7.19. The fourth-order valence-corrected chi connectivity index (χ4v) is 2.59. The zero-order valence-electron chi connectivity index (χ0n) is 12.3. The van der Waals surface area contributed by atoms with Crippen molar-refractivity contribution < 1.29 is 4.74 Å². The Kier molecular flexibility index (Phi) is 5.16. The molecular formula is C15H25N3O. The van der Waals surface area contributed by atoms with Crippen molar-refractivity contribution in [3.8, 4) is 0 Å². The highest BCUT2D eigenvalue weighted by molar-refractivity contribution is 5.43. The number of anilines is 1. The van der Waals surface area contributed by atoms with Gasteiger partial charge in [0, 0.05) is 32.4 Å². The number of hydrogen-bond donors (Lipinski definition) is 1. The number of hydrogen-bond acceptors (Lipinski definition) is 4. The van der Waals surface area contributed by atoms with Gasteiger partial charge in [-0.15, -0.1) is 0 Å². The molecule has 19 heavy (non-hydrogen) atoms. The Morgan fingerprint density at radius 2 is 2.32 bits per heavy atom. The molecule has 1 aromatic heterocycles. The molecule has 1 aromatic rings. The number of nitrogens with zero attached hydrogens (tertiary/aromatic N) is 2. The van der Waals surface area contributed by atoms with Crippen molar-refractivity contribution in [1.82, 2.24) is 10.3 Å². The van der Waals surface area contributed by atoms with Gasteiger partial charge < -0.3 is 15.0 Å². The lowest BCUT2D eigenvalue weighted by Crippen LogP contribution is -2.39. The Hall–Kier alpha value is -1.13. The van der Waals surface area contributed by atoms with Crippen LogP contribution in [0.3, 0.4) is 0 Å². The third-order valence-electron chi connectivity index (χ3n) is 3.61. The van der Waals surface area contributed by atoms with E-state index < -0.39 is 0 Å². The van der Waals surface area contributed by atoms with Gasteiger partial charge in [-0.25, -0.2) is 4.98 Å². The highest BCUT2D eigenvalue weighted by Crippen LogP contribution is 2.21. The maximum absolute atomic E-state index is 5.49. The van der Waals surface area contributed by atoms with Crippen LogP contribution in [0.25, 0.3) is 0 Å². The van der Waals surface area contributed by atoms with E-state index in [9.17, 15) is 0 Å². The molecule has 1 N–H and O–H groups in total. The van der Waals surface area contributed by atoms with Gasteiger partial charge in [0.15, 0.2) is 0 Å². The summed E-state index contributed by atoms with van der Waals surface area (Å²) in [6.45, 7) is 8.13. The van der Waals surface area contributed by atoms with Crippen molar-refractivity contribution in [3.63, 3.8) is 0 Å². The number of ether oxygens (including phenoxy) is 1. The minimum Gasteiger partial charge on any atom is -0.380 e. The Morgan fingerprint density at radius 3 is 3.05 bits per heavy atom. The van der Waals surface area contributed by atoms with Crippen molar-refractivity contribution >= 4 is 5.82 Å². The average molecular weight is 263 g/mol. The fraction of sp³-hybridized carbons (Fsp3) is 0.667. The Labute approximate surface area is 116 Å². The molecule has 2 heterocycles. The van der Waals surface area contributed by atoms with Gasteiger partial charge >= 0.3 is 0 Å². The summed E-state index contributed by atoms with van der Waals surface area (Å²) in [4.78, 5) is 7.02. The molecule has 1 aliphatic heterocycles. The zero-order chi connectivity index (χ0) is 13.7. The fourth-order valence-electron chi connectivity index (χ4n) is 2.59. The molecular weight excluding hydrogens is 238 g/mol. The molecule has 1 saturated heterocycles. The first-order valence-corrected chi connectivity index (χ1v) is 7.19. The molecule has 1 fully saturated rings. The summed E-state index contributed by atoms with van der Waals surface area (Å²) in [6, 6.07) is 4.36. The predicted molar refractivity (Wildman–Crippen MR) is 78.6 cm³/mol. The van der Waals surface area contributed by atoms with Gasteiger partial charge in [0.2, 0.25) is 0 Å². The van der Waals surface area contributed by atoms with Gasteiger partial charge in [0.05, 0.1) is 6.10 Å². The van der Waals surface area contributed by atoms with Gasteiger partial charge in [-0.1, -0.05) is 6.92 Å². The monoisotopic (exact) mass is 263 g/mol. The van der Waals surface area contributed by atoms with E-state index in [4.69, 9.17) is 4.74 Å². The standard InChI is InChI=1S/C15H25N3O/c1-4-16-10-13-8-12(2)17-15(9-13)18-7-5-6-14(11-18)19-3/h8-9,14,16H,4-7,10-11H2,1-3H3. The van der Waals surface area contributed by atoms with Crippen LogP contribution in [0.2, 0.25) is 0 Å². The Balaban J connectivity index is 2.11. The second-order valence-corrected chi connectivity index (χ2v) is 5.20. The summed E-state index contributed by atoms with van der Waals surface area (Å²) >= 11 is 0. The molecule has 0 spiro atoms. The first kappa shape index (κ1) is 14.3. The van der Waals surface area contributed by atoms with Crippen LogP contribution < -0.4 is 10.2 Å². The van der Waals surface area contributed by atoms with Crippen molar-refractivity contribution in [2.24, 2.45) is 0 Å². The van der Waals surface area contributed by atoms with Crippen molar-refractivity contribution in [1.29, 1.82) is 0 Å². The van der Waals surface area contributed by atoms with Gasteiger partial charge in [-0.3, -0.25) is 0 Å². The number of pyridine rings is 1. The van der Waals surface area contributed by atoms with Crippen molar-refractivity contribution in [2.45, 2.75) is 39.3 Å². The van der Waals surface area contributed by atoms with Gasteiger partial charge in [0.1, 0.15) is 5.82 Å². The molecule has 0 saturated carbocycles. The lowest BCUT2D eigenvalue weighted by atomic mass is 10.1. The predicted octanol–water partition coefficient (Wildman–Crippen LogP) is 2.11. The van der Waals surface area contributed by atoms with E-state index in [1.54, 1.807) is 7.11 Å². The molecule has 0 amide bonds. The minimum absolute atomic E-state index is 0.341. The second kappa shape index (κ2) is 6.87. The van der Waals surface area contributed by atoms with E-state index in [2.05, 4.69) is 41.2 Å². The van der Waals surface area contributed by atoms with Gasteiger partial charge in [0.25, 0.3) is 0 Å². The average Bonchev–Trinajstić information content (AvgIpc) is 2.44. The number of aromatic nitrogens is 1. The maximum Gasteiger partial charge on any atom is 0.129 e. The van der Waals surface area contributed by atoms with Crippen LogP contribution in [-0.2, 0) is 11.3 Å². The van der Waals surface area contributed by atoms with Crippen molar-refractivity contribution in [3.05, 3.63) is 23.4 Å². The van der Waals surface area contributed by atoms with Crippen LogP contribution in [-0.4, -0.2) is 37.8 Å². The summed E-state index contributed by atoms with van der Waals surface area (Å²) in [5, 5.41) is 3.37. The van der Waals surface area contributed by atoms with Gasteiger partial charge in [-0.2, -0.15) is 0 Å². The summed E-state index contributed by atoms with van der Waals surface area (Å²) in [5.74, 6) is 1.09. The Morgan fingerprint density at radius 1 is 1.47 bits per heavy atom. The molecule has 0 bridgehead atoms. The van der Waals surface area contributed by atoms with E-state index in [0.717, 1.165) is 44.1 Å². The molecule has 4 nitrogen and oxygen atoms in total. The van der Waals surface area contributed by atoms with E-state index >= 15 is 0 Å². The maximum atomic E-state index is 5.49. The van der Waals surface area contributed by atoms with Crippen LogP contribution >= 0.6 is 0 Å². The molecule has 1 atom stereocenters. The molecule has 1 unspecified atom stereocenters. The molecule has 1 aliphatic rings. The number of nitrogens with one attached hydrogen (secondary N) is 1. The van der Waals surface area contributed by atoms with Crippen LogP contribution in [0.4, 0.5) is 5.82 Å². The van der Waals surface area contributed by atoms with Crippen LogP contribution in [0.1, 0.15) is 31.0 Å². The second-order valence-electron chi connectivity index (χ2n) is 5.20. The number of aryl methyl sites for hydroxylation is 1. The normalized spacial score (nSPS) is 19.7. The number of piperidine rings is 1. The van der Waals surface area contributed by atoms with Crippen LogP contribution in [0.5, 0.6) is 0 Å². The first-order chi connectivity index (χ1) is 9.22. The summed E-state index contributed by atoms with van der Waals surface area (Å²) < 4.78 is 5.49. The molecule has 0 aliphatic carbocycles. The largest absolute Gasteiger partial charge is 0.380 e. The molecule has 106 valence electrons. The van der Waals surface area contributed by atoms with Crippen molar-refractivity contribution in [2.75, 3.05) is 31.6 Å². The lowest BCUT2D eigenvalue weighted by molar-refractivity contribution is 0.0891. The number of rotatable bonds is 5. The highest BCUT2D eigenvalue weighted by atomic mass is 16.5. The summed E-state index contributed by atoms with van der Waals surface area (Å²) in [6.07, 6.45) is 2.67.